The Morgan fingerprint density at radius 2 is 1.55 bits per heavy atom. The Labute approximate surface area is 134 Å². The summed E-state index contributed by atoms with van der Waals surface area (Å²) >= 11 is 18.1. The van der Waals surface area contributed by atoms with Crippen LogP contribution in [-0.4, -0.2) is 5.11 Å². The highest BCUT2D eigenvalue weighted by molar-refractivity contribution is 6.42. The van der Waals surface area contributed by atoms with Gasteiger partial charge in [0.2, 0.25) is 0 Å². The molecule has 2 aromatic rings. The normalized spacial score (nSPS) is 12.5. The van der Waals surface area contributed by atoms with Crippen molar-refractivity contribution < 1.29 is 5.11 Å². The molecule has 1 unspecified atom stereocenters. The van der Waals surface area contributed by atoms with Crippen LogP contribution in [0.5, 0.6) is 0 Å². The quantitative estimate of drug-likeness (QED) is 0.784. The molecule has 2 rings (SSSR count). The molecule has 4 heteroatoms. The topological polar surface area (TPSA) is 20.2 Å². The SMILES string of the molecule is Cc1cc(Cl)c(C(O)Cc2ccc(Cl)c(Cl)c2)cc1C. The lowest BCUT2D eigenvalue weighted by Gasteiger charge is -2.15. The second kappa shape index (κ2) is 6.36. The summed E-state index contributed by atoms with van der Waals surface area (Å²) in [6.07, 6.45) is -0.224. The van der Waals surface area contributed by atoms with E-state index in [1.165, 1.54) is 0 Å². The fraction of sp³-hybridized carbons (Fsp3) is 0.250. The Bertz CT molecular complexity index is 638. The van der Waals surface area contributed by atoms with Gasteiger partial charge in [-0.1, -0.05) is 46.9 Å². The highest BCUT2D eigenvalue weighted by atomic mass is 35.5. The number of aryl methyl sites for hydroxylation is 2. The Balaban J connectivity index is 2.25. The van der Waals surface area contributed by atoms with Gasteiger partial charge in [0.15, 0.2) is 0 Å². The second-order valence-electron chi connectivity index (χ2n) is 4.93. The summed E-state index contributed by atoms with van der Waals surface area (Å²) in [6, 6.07) is 9.16. The minimum atomic E-state index is -0.668. The van der Waals surface area contributed by atoms with E-state index in [0.29, 0.717) is 21.5 Å². The molecule has 0 spiro atoms. The predicted octanol–water partition coefficient (Wildman–Crippen LogP) is 5.54. The maximum atomic E-state index is 10.4. The lowest BCUT2D eigenvalue weighted by atomic mass is 9.98. The molecule has 0 aromatic heterocycles. The van der Waals surface area contributed by atoms with Crippen LogP contribution in [0.4, 0.5) is 0 Å². The number of hydrogen-bond acceptors (Lipinski definition) is 1. The van der Waals surface area contributed by atoms with Gasteiger partial charge in [0.05, 0.1) is 16.1 Å². The maximum Gasteiger partial charge on any atom is 0.0844 e. The van der Waals surface area contributed by atoms with Crippen molar-refractivity contribution in [1.82, 2.24) is 0 Å². The van der Waals surface area contributed by atoms with Crippen LogP contribution in [0.2, 0.25) is 15.1 Å². The second-order valence-corrected chi connectivity index (χ2v) is 6.15. The minimum absolute atomic E-state index is 0.444. The fourth-order valence-electron chi connectivity index (χ4n) is 2.06. The molecule has 2 aromatic carbocycles. The van der Waals surface area contributed by atoms with E-state index in [0.717, 1.165) is 22.3 Å². The Morgan fingerprint density at radius 3 is 2.20 bits per heavy atom. The van der Waals surface area contributed by atoms with Crippen molar-refractivity contribution in [3.63, 3.8) is 0 Å². The van der Waals surface area contributed by atoms with Crippen molar-refractivity contribution in [2.75, 3.05) is 0 Å². The van der Waals surface area contributed by atoms with Gasteiger partial charge in [-0.3, -0.25) is 0 Å². The molecular formula is C16H15Cl3O. The third-order valence-corrected chi connectivity index (χ3v) is 4.45. The summed E-state index contributed by atoms with van der Waals surface area (Å²) in [5.74, 6) is 0. The molecule has 0 saturated heterocycles. The van der Waals surface area contributed by atoms with Crippen molar-refractivity contribution in [2.24, 2.45) is 0 Å². The standard InChI is InChI=1S/C16H15Cl3O/c1-9-5-12(14(18)6-10(9)2)16(20)8-11-3-4-13(17)15(19)7-11/h3-7,16,20H,8H2,1-2H3. The van der Waals surface area contributed by atoms with Gasteiger partial charge in [0.25, 0.3) is 0 Å². The molecular weight excluding hydrogens is 315 g/mol. The molecule has 1 atom stereocenters. The molecule has 0 radical (unpaired) electrons. The molecule has 1 N–H and O–H groups in total. The van der Waals surface area contributed by atoms with Crippen LogP contribution in [0.15, 0.2) is 30.3 Å². The number of aliphatic hydroxyl groups excluding tert-OH is 1. The molecule has 1 nitrogen and oxygen atoms in total. The van der Waals surface area contributed by atoms with Crippen molar-refractivity contribution in [3.8, 4) is 0 Å². The Hall–Kier alpha value is -0.730. The number of halogens is 3. The summed E-state index contributed by atoms with van der Waals surface area (Å²) in [6.45, 7) is 4.00. The third kappa shape index (κ3) is 3.48. The van der Waals surface area contributed by atoms with E-state index in [-0.39, 0.29) is 0 Å². The zero-order chi connectivity index (χ0) is 14.9. The van der Waals surface area contributed by atoms with E-state index in [9.17, 15) is 5.11 Å². The lowest BCUT2D eigenvalue weighted by molar-refractivity contribution is 0.178. The average Bonchev–Trinajstić information content (AvgIpc) is 2.38. The number of hydrogen-bond donors (Lipinski definition) is 1. The van der Waals surface area contributed by atoms with Crippen molar-refractivity contribution >= 4 is 34.8 Å². The molecule has 0 amide bonds. The summed E-state index contributed by atoms with van der Waals surface area (Å²) in [5.41, 5.74) is 3.88. The first-order chi connectivity index (χ1) is 9.38. The molecule has 106 valence electrons. The van der Waals surface area contributed by atoms with Crippen LogP contribution in [0, 0.1) is 13.8 Å². The maximum absolute atomic E-state index is 10.4. The van der Waals surface area contributed by atoms with Crippen LogP contribution >= 0.6 is 34.8 Å². The summed E-state index contributed by atoms with van der Waals surface area (Å²) < 4.78 is 0. The zero-order valence-electron chi connectivity index (χ0n) is 11.3. The highest BCUT2D eigenvalue weighted by Gasteiger charge is 2.14. The molecule has 20 heavy (non-hydrogen) atoms. The lowest BCUT2D eigenvalue weighted by Crippen LogP contribution is -2.04. The first-order valence-corrected chi connectivity index (χ1v) is 7.40. The Kier molecular flexibility index (Phi) is 4.98. The molecule has 0 aliphatic carbocycles. The van der Waals surface area contributed by atoms with Crippen LogP contribution in [-0.2, 0) is 6.42 Å². The van der Waals surface area contributed by atoms with Gasteiger partial charge in [-0.05, 0) is 54.3 Å². The van der Waals surface area contributed by atoms with E-state index in [4.69, 9.17) is 34.8 Å². The van der Waals surface area contributed by atoms with Crippen LogP contribution in [0.25, 0.3) is 0 Å². The van der Waals surface area contributed by atoms with Gasteiger partial charge in [-0.15, -0.1) is 0 Å². The molecule has 0 heterocycles. The third-order valence-electron chi connectivity index (χ3n) is 3.39. The summed E-state index contributed by atoms with van der Waals surface area (Å²) in [5, 5.41) is 12.0. The van der Waals surface area contributed by atoms with Crippen LogP contribution < -0.4 is 0 Å². The first-order valence-electron chi connectivity index (χ1n) is 6.27. The largest absolute Gasteiger partial charge is 0.388 e. The summed E-state index contributed by atoms with van der Waals surface area (Å²) in [4.78, 5) is 0. The predicted molar refractivity (Wildman–Crippen MR) is 86.1 cm³/mol. The van der Waals surface area contributed by atoms with Crippen LogP contribution in [0.1, 0.15) is 28.4 Å². The van der Waals surface area contributed by atoms with Crippen molar-refractivity contribution in [3.05, 3.63) is 67.7 Å². The van der Waals surface area contributed by atoms with Gasteiger partial charge in [-0.2, -0.15) is 0 Å². The van der Waals surface area contributed by atoms with Gasteiger partial charge in [0.1, 0.15) is 0 Å². The molecule has 0 aliphatic rings. The van der Waals surface area contributed by atoms with Gasteiger partial charge >= 0.3 is 0 Å². The smallest absolute Gasteiger partial charge is 0.0844 e. The fourth-order valence-corrected chi connectivity index (χ4v) is 2.72. The number of rotatable bonds is 3. The van der Waals surface area contributed by atoms with Crippen molar-refractivity contribution in [2.45, 2.75) is 26.4 Å². The first kappa shape index (κ1) is 15.7. The van der Waals surface area contributed by atoms with E-state index in [1.54, 1.807) is 12.1 Å². The molecule has 0 fully saturated rings. The van der Waals surface area contributed by atoms with E-state index < -0.39 is 6.10 Å². The van der Waals surface area contributed by atoms with E-state index in [1.807, 2.05) is 32.0 Å². The Morgan fingerprint density at radius 1 is 0.900 bits per heavy atom. The number of aliphatic hydroxyl groups is 1. The highest BCUT2D eigenvalue weighted by Crippen LogP contribution is 2.30. The zero-order valence-corrected chi connectivity index (χ0v) is 13.5. The minimum Gasteiger partial charge on any atom is -0.388 e. The average molecular weight is 330 g/mol. The molecule has 0 bridgehead atoms. The van der Waals surface area contributed by atoms with E-state index >= 15 is 0 Å². The summed E-state index contributed by atoms with van der Waals surface area (Å²) in [7, 11) is 0. The van der Waals surface area contributed by atoms with Crippen LogP contribution in [0.3, 0.4) is 0 Å². The van der Waals surface area contributed by atoms with Gasteiger partial charge in [-0.25, -0.2) is 0 Å². The van der Waals surface area contributed by atoms with E-state index in [2.05, 4.69) is 0 Å². The molecule has 0 saturated carbocycles. The van der Waals surface area contributed by atoms with Crippen molar-refractivity contribution in [1.29, 1.82) is 0 Å². The van der Waals surface area contributed by atoms with Gasteiger partial charge < -0.3 is 5.11 Å². The van der Waals surface area contributed by atoms with Gasteiger partial charge in [0, 0.05) is 11.4 Å². The number of benzene rings is 2. The monoisotopic (exact) mass is 328 g/mol. The molecule has 0 aliphatic heterocycles.